The lowest BCUT2D eigenvalue weighted by Gasteiger charge is -2.11. The molecule has 0 spiro atoms. The van der Waals surface area contributed by atoms with Crippen LogP contribution in [0.5, 0.6) is 5.75 Å². The second kappa shape index (κ2) is 6.35. The maximum Gasteiger partial charge on any atom is 0.157 e. The second-order valence-electron chi connectivity index (χ2n) is 4.10. The van der Waals surface area contributed by atoms with Gasteiger partial charge in [-0.3, -0.25) is 5.41 Å². The van der Waals surface area contributed by atoms with E-state index < -0.39 is 0 Å². The molecule has 2 aromatic carbocycles. The van der Waals surface area contributed by atoms with Gasteiger partial charge >= 0.3 is 0 Å². The van der Waals surface area contributed by atoms with Crippen LogP contribution in [-0.4, -0.2) is 5.84 Å². The summed E-state index contributed by atoms with van der Waals surface area (Å²) in [5, 5.41) is 8.55. The Labute approximate surface area is 131 Å². The van der Waals surface area contributed by atoms with E-state index in [0.717, 1.165) is 5.56 Å². The molecule has 0 saturated carbocycles. The zero-order valence-electron chi connectivity index (χ0n) is 10.3. The van der Waals surface area contributed by atoms with Crippen molar-refractivity contribution in [1.29, 1.82) is 5.41 Å². The van der Waals surface area contributed by atoms with E-state index in [1.54, 1.807) is 30.3 Å². The van der Waals surface area contributed by atoms with Crippen LogP contribution in [0.2, 0.25) is 15.1 Å². The lowest BCUT2D eigenvalue weighted by molar-refractivity contribution is 0.306. The number of nitrogen functional groups attached to an aromatic ring is 1. The molecule has 0 radical (unpaired) electrons. The monoisotopic (exact) mass is 328 g/mol. The van der Waals surface area contributed by atoms with Gasteiger partial charge in [-0.2, -0.15) is 0 Å². The van der Waals surface area contributed by atoms with Gasteiger partial charge in [0.05, 0.1) is 10.0 Å². The van der Waals surface area contributed by atoms with Gasteiger partial charge < -0.3 is 10.5 Å². The van der Waals surface area contributed by atoms with Crippen molar-refractivity contribution in [3.63, 3.8) is 0 Å². The average Bonchev–Trinajstić information content (AvgIpc) is 2.37. The highest BCUT2D eigenvalue weighted by atomic mass is 35.5. The van der Waals surface area contributed by atoms with Crippen molar-refractivity contribution < 1.29 is 4.74 Å². The van der Waals surface area contributed by atoms with Crippen molar-refractivity contribution in [1.82, 2.24) is 0 Å². The Morgan fingerprint density at radius 3 is 2.35 bits per heavy atom. The molecule has 0 aliphatic heterocycles. The van der Waals surface area contributed by atoms with Crippen LogP contribution < -0.4 is 10.5 Å². The zero-order chi connectivity index (χ0) is 14.7. The van der Waals surface area contributed by atoms with Crippen molar-refractivity contribution in [2.75, 3.05) is 0 Å². The molecule has 0 atom stereocenters. The predicted molar refractivity (Wildman–Crippen MR) is 83.3 cm³/mol. The van der Waals surface area contributed by atoms with E-state index in [0.29, 0.717) is 26.4 Å². The summed E-state index contributed by atoms with van der Waals surface area (Å²) in [7, 11) is 0. The largest absolute Gasteiger partial charge is 0.486 e. The molecule has 0 heterocycles. The van der Waals surface area contributed by atoms with Crippen LogP contribution in [-0.2, 0) is 6.61 Å². The van der Waals surface area contributed by atoms with Gasteiger partial charge in [0.15, 0.2) is 5.75 Å². The molecule has 2 rings (SSSR count). The molecule has 0 unspecified atom stereocenters. The smallest absolute Gasteiger partial charge is 0.157 e. The number of ether oxygens (including phenoxy) is 1. The van der Waals surface area contributed by atoms with Gasteiger partial charge in [-0.25, -0.2) is 0 Å². The van der Waals surface area contributed by atoms with Crippen LogP contribution in [0.1, 0.15) is 11.1 Å². The Hall–Kier alpha value is -1.42. The highest BCUT2D eigenvalue weighted by molar-refractivity contribution is 6.40. The van der Waals surface area contributed by atoms with Gasteiger partial charge in [-0.15, -0.1) is 0 Å². The number of halogens is 3. The Morgan fingerprint density at radius 1 is 1.10 bits per heavy atom. The summed E-state index contributed by atoms with van der Waals surface area (Å²) in [6.45, 7) is 0.266. The number of hydrogen-bond donors (Lipinski definition) is 2. The van der Waals surface area contributed by atoms with E-state index in [2.05, 4.69) is 0 Å². The summed E-state index contributed by atoms with van der Waals surface area (Å²) in [6, 6.07) is 10.3. The number of hydrogen-bond acceptors (Lipinski definition) is 2. The van der Waals surface area contributed by atoms with Crippen molar-refractivity contribution in [3.8, 4) is 5.75 Å². The van der Waals surface area contributed by atoms with Crippen LogP contribution in [0.3, 0.4) is 0 Å². The molecule has 0 bridgehead atoms. The maximum absolute atomic E-state index is 7.40. The molecule has 0 fully saturated rings. The van der Waals surface area contributed by atoms with Gasteiger partial charge in [-0.05, 0) is 23.8 Å². The van der Waals surface area contributed by atoms with Gasteiger partial charge in [0.1, 0.15) is 12.4 Å². The fourth-order valence-corrected chi connectivity index (χ4v) is 2.58. The van der Waals surface area contributed by atoms with E-state index in [9.17, 15) is 0 Å². The minimum absolute atomic E-state index is 0.00871. The van der Waals surface area contributed by atoms with Crippen molar-refractivity contribution in [2.24, 2.45) is 5.73 Å². The van der Waals surface area contributed by atoms with Crippen LogP contribution in [0.4, 0.5) is 0 Å². The number of rotatable bonds is 4. The molecular formula is C14H11Cl3N2O. The number of benzene rings is 2. The van der Waals surface area contributed by atoms with Crippen molar-refractivity contribution >= 4 is 40.6 Å². The summed E-state index contributed by atoms with van der Waals surface area (Å²) in [4.78, 5) is 0. The first-order chi connectivity index (χ1) is 9.47. The molecule has 0 aliphatic carbocycles. The van der Waals surface area contributed by atoms with Crippen LogP contribution >= 0.6 is 34.8 Å². The quantitative estimate of drug-likeness (QED) is 0.640. The first-order valence-electron chi connectivity index (χ1n) is 5.68. The van der Waals surface area contributed by atoms with Gasteiger partial charge in [0, 0.05) is 10.6 Å². The lowest BCUT2D eigenvalue weighted by atomic mass is 10.1. The first-order valence-corrected chi connectivity index (χ1v) is 6.81. The van der Waals surface area contributed by atoms with E-state index in [1.807, 2.05) is 6.07 Å². The van der Waals surface area contributed by atoms with Gasteiger partial charge in [-0.1, -0.05) is 53.0 Å². The molecule has 2 aromatic rings. The number of nitrogens with two attached hydrogens (primary N) is 1. The van der Waals surface area contributed by atoms with E-state index in [4.69, 9.17) is 50.7 Å². The third-order valence-electron chi connectivity index (χ3n) is 2.58. The highest BCUT2D eigenvalue weighted by Gasteiger charge is 2.09. The molecule has 3 nitrogen and oxygen atoms in total. The Morgan fingerprint density at radius 2 is 1.75 bits per heavy atom. The third kappa shape index (κ3) is 3.57. The number of amidine groups is 1. The summed E-state index contributed by atoms with van der Waals surface area (Å²) < 4.78 is 5.61. The van der Waals surface area contributed by atoms with E-state index >= 15 is 0 Å². The Balaban J connectivity index is 2.17. The molecular weight excluding hydrogens is 319 g/mol. The minimum Gasteiger partial charge on any atom is -0.486 e. The molecule has 0 aromatic heterocycles. The van der Waals surface area contributed by atoms with Crippen LogP contribution in [0.15, 0.2) is 36.4 Å². The van der Waals surface area contributed by atoms with Crippen molar-refractivity contribution in [2.45, 2.75) is 6.61 Å². The maximum atomic E-state index is 7.40. The van der Waals surface area contributed by atoms with Crippen LogP contribution in [0, 0.1) is 5.41 Å². The fraction of sp³-hybridized carbons (Fsp3) is 0.0714. The molecule has 0 amide bonds. The standard InChI is InChI=1S/C14H11Cl3N2O/c15-10-5-11(16)13(12(17)6-10)20-7-8-2-1-3-9(4-8)14(18)19/h1-6H,7H2,(H3,18,19). The highest BCUT2D eigenvalue weighted by Crippen LogP contribution is 2.36. The zero-order valence-corrected chi connectivity index (χ0v) is 12.6. The molecule has 104 valence electrons. The molecule has 0 aliphatic rings. The van der Waals surface area contributed by atoms with Crippen molar-refractivity contribution in [3.05, 3.63) is 62.6 Å². The average molecular weight is 330 g/mol. The summed E-state index contributed by atoms with van der Waals surface area (Å²) in [6.07, 6.45) is 0. The molecule has 6 heteroatoms. The number of nitrogens with one attached hydrogen (secondary N) is 1. The Bertz CT molecular complexity index is 636. The second-order valence-corrected chi connectivity index (χ2v) is 5.35. The summed E-state index contributed by atoms with van der Waals surface area (Å²) in [5.41, 5.74) is 6.94. The summed E-state index contributed by atoms with van der Waals surface area (Å²) in [5.74, 6) is 0.389. The normalized spacial score (nSPS) is 10.3. The fourth-order valence-electron chi connectivity index (χ4n) is 1.65. The summed E-state index contributed by atoms with van der Waals surface area (Å²) >= 11 is 17.9. The molecule has 20 heavy (non-hydrogen) atoms. The van der Waals surface area contributed by atoms with Gasteiger partial charge in [0.25, 0.3) is 0 Å². The predicted octanol–water partition coefficient (Wildman–Crippen LogP) is 4.51. The molecule has 0 saturated heterocycles. The SMILES string of the molecule is N=C(N)c1cccc(COc2c(Cl)cc(Cl)cc2Cl)c1. The molecule has 3 N–H and O–H groups in total. The van der Waals surface area contributed by atoms with E-state index in [1.165, 1.54) is 0 Å². The minimum atomic E-state index is 0.00871. The lowest BCUT2D eigenvalue weighted by Crippen LogP contribution is -2.11. The third-order valence-corrected chi connectivity index (χ3v) is 3.36. The van der Waals surface area contributed by atoms with Crippen LogP contribution in [0.25, 0.3) is 0 Å². The first kappa shape index (κ1) is 15.0. The van der Waals surface area contributed by atoms with Gasteiger partial charge in [0.2, 0.25) is 0 Å². The van der Waals surface area contributed by atoms with E-state index in [-0.39, 0.29) is 12.4 Å². The topological polar surface area (TPSA) is 59.1 Å². The Kier molecular flexibility index (Phi) is 4.76.